The van der Waals surface area contributed by atoms with E-state index in [0.717, 1.165) is 21.8 Å². The fraction of sp³-hybridized carbons (Fsp3) is 0.0909. The lowest BCUT2D eigenvalue weighted by Gasteiger charge is -2.11. The van der Waals surface area contributed by atoms with E-state index in [1.54, 1.807) is 12.1 Å². The van der Waals surface area contributed by atoms with Crippen LogP contribution in [0, 0.1) is 5.82 Å². The third-order valence-corrected chi connectivity index (χ3v) is 6.11. The lowest BCUT2D eigenvalue weighted by Crippen LogP contribution is -2.04. The minimum atomic E-state index is -0.286. The van der Waals surface area contributed by atoms with Crippen molar-refractivity contribution in [2.45, 2.75) is 17.5 Å². The van der Waals surface area contributed by atoms with Gasteiger partial charge in [-0.2, -0.15) is 0 Å². The smallest absolute Gasteiger partial charge is 0.192 e. The molecule has 0 aliphatic heterocycles. The molecular formula is C22H16Cl2FN3S. The molecule has 1 heterocycles. The third-order valence-electron chi connectivity index (χ3n) is 4.41. The van der Waals surface area contributed by atoms with Gasteiger partial charge in [0.05, 0.1) is 6.54 Å². The van der Waals surface area contributed by atoms with Crippen molar-refractivity contribution < 1.29 is 4.39 Å². The number of halogens is 3. The van der Waals surface area contributed by atoms with E-state index in [9.17, 15) is 4.39 Å². The zero-order valence-electron chi connectivity index (χ0n) is 15.2. The van der Waals surface area contributed by atoms with E-state index in [4.69, 9.17) is 23.2 Å². The Bertz CT molecular complexity index is 1090. The Kier molecular flexibility index (Phi) is 6.19. The van der Waals surface area contributed by atoms with Crippen LogP contribution in [0.4, 0.5) is 4.39 Å². The lowest BCUT2D eigenvalue weighted by atomic mass is 10.2. The number of aromatic nitrogens is 3. The number of nitrogens with zero attached hydrogens (tertiary/aromatic N) is 3. The summed E-state index contributed by atoms with van der Waals surface area (Å²) in [5, 5.41) is 10.7. The van der Waals surface area contributed by atoms with Gasteiger partial charge in [0.2, 0.25) is 0 Å². The Morgan fingerprint density at radius 2 is 1.52 bits per heavy atom. The van der Waals surface area contributed by atoms with Crippen LogP contribution in [0.2, 0.25) is 10.0 Å². The van der Waals surface area contributed by atoms with Gasteiger partial charge in [0.25, 0.3) is 0 Å². The molecule has 146 valence electrons. The average Bonchev–Trinajstić information content (AvgIpc) is 3.11. The first-order valence-electron chi connectivity index (χ1n) is 8.90. The highest BCUT2D eigenvalue weighted by Crippen LogP contribution is 2.32. The first-order valence-corrected chi connectivity index (χ1v) is 10.6. The second-order valence-electron chi connectivity index (χ2n) is 6.37. The van der Waals surface area contributed by atoms with Crippen LogP contribution in [0.15, 0.2) is 78.0 Å². The Balaban J connectivity index is 1.68. The molecule has 0 aliphatic rings. The van der Waals surface area contributed by atoms with Crippen LogP contribution >= 0.6 is 35.0 Å². The van der Waals surface area contributed by atoms with E-state index in [-0.39, 0.29) is 5.82 Å². The van der Waals surface area contributed by atoms with Crippen molar-refractivity contribution in [3.63, 3.8) is 0 Å². The second kappa shape index (κ2) is 8.99. The van der Waals surface area contributed by atoms with Crippen molar-refractivity contribution in [2.75, 3.05) is 0 Å². The monoisotopic (exact) mass is 443 g/mol. The van der Waals surface area contributed by atoms with Gasteiger partial charge in [0, 0.05) is 21.4 Å². The summed E-state index contributed by atoms with van der Waals surface area (Å²) in [7, 11) is 0. The van der Waals surface area contributed by atoms with Crippen LogP contribution in [0.1, 0.15) is 11.1 Å². The number of rotatable bonds is 6. The Morgan fingerprint density at radius 1 is 0.828 bits per heavy atom. The summed E-state index contributed by atoms with van der Waals surface area (Å²) in [5.41, 5.74) is 2.78. The van der Waals surface area contributed by atoms with Gasteiger partial charge in [0.1, 0.15) is 5.82 Å². The Hall–Kier alpha value is -2.34. The zero-order valence-corrected chi connectivity index (χ0v) is 17.6. The van der Waals surface area contributed by atoms with E-state index >= 15 is 0 Å². The molecule has 0 atom stereocenters. The van der Waals surface area contributed by atoms with Crippen molar-refractivity contribution in [2.24, 2.45) is 0 Å². The molecular weight excluding hydrogens is 428 g/mol. The second-order valence-corrected chi connectivity index (χ2v) is 8.13. The predicted octanol–water partition coefficient (Wildman–Crippen LogP) is 6.73. The van der Waals surface area contributed by atoms with Crippen LogP contribution in [0.3, 0.4) is 0 Å². The fourth-order valence-electron chi connectivity index (χ4n) is 2.92. The quantitative estimate of drug-likeness (QED) is 0.309. The zero-order chi connectivity index (χ0) is 20.2. The fourth-order valence-corrected chi connectivity index (χ4v) is 4.60. The highest BCUT2D eigenvalue weighted by atomic mass is 35.5. The molecule has 0 saturated carbocycles. The summed E-state index contributed by atoms with van der Waals surface area (Å²) in [6.45, 7) is 0.596. The summed E-state index contributed by atoms with van der Waals surface area (Å²) in [6.07, 6.45) is 0. The maximum atomic E-state index is 13.4. The van der Waals surface area contributed by atoms with Crippen molar-refractivity contribution >= 4 is 35.0 Å². The van der Waals surface area contributed by atoms with Gasteiger partial charge in [0.15, 0.2) is 11.0 Å². The molecule has 0 saturated heterocycles. The molecule has 0 amide bonds. The molecule has 4 rings (SSSR count). The van der Waals surface area contributed by atoms with Crippen LogP contribution in [-0.4, -0.2) is 14.8 Å². The lowest BCUT2D eigenvalue weighted by molar-refractivity contribution is 0.628. The average molecular weight is 444 g/mol. The molecule has 3 nitrogen and oxygen atoms in total. The first-order chi connectivity index (χ1) is 14.1. The molecule has 4 aromatic rings. The number of thioether (sulfide) groups is 1. The van der Waals surface area contributed by atoms with Gasteiger partial charge in [-0.1, -0.05) is 71.4 Å². The van der Waals surface area contributed by atoms with Crippen molar-refractivity contribution in [1.29, 1.82) is 0 Å². The molecule has 0 fully saturated rings. The molecule has 0 radical (unpaired) electrons. The van der Waals surface area contributed by atoms with Crippen molar-refractivity contribution in [3.8, 4) is 11.4 Å². The Morgan fingerprint density at radius 3 is 2.21 bits per heavy atom. The SMILES string of the molecule is Fc1ccc(-c2nnc(SCc3c(Cl)cccc3Cl)n2Cc2ccccc2)cc1. The van der Waals surface area contributed by atoms with Crippen molar-refractivity contribution in [1.82, 2.24) is 14.8 Å². The minimum Gasteiger partial charge on any atom is -0.298 e. The largest absolute Gasteiger partial charge is 0.298 e. The summed E-state index contributed by atoms with van der Waals surface area (Å²) < 4.78 is 15.4. The topological polar surface area (TPSA) is 30.7 Å². The Labute approximate surface area is 182 Å². The standard InChI is InChI=1S/C22H16Cl2FN3S/c23-19-7-4-8-20(24)18(19)14-29-22-27-26-21(16-9-11-17(25)12-10-16)28(22)13-15-5-2-1-3-6-15/h1-12H,13-14H2. The molecule has 1 aromatic heterocycles. The molecule has 0 bridgehead atoms. The van der Waals surface area contributed by atoms with Gasteiger partial charge >= 0.3 is 0 Å². The van der Waals surface area contributed by atoms with Gasteiger partial charge in [-0.3, -0.25) is 4.57 Å². The van der Waals surface area contributed by atoms with Gasteiger partial charge in [-0.25, -0.2) is 4.39 Å². The van der Waals surface area contributed by atoms with E-state index in [1.165, 1.54) is 23.9 Å². The van der Waals surface area contributed by atoms with E-state index < -0.39 is 0 Å². The summed E-state index contributed by atoms with van der Waals surface area (Å²) in [5.74, 6) is 0.960. The number of benzene rings is 3. The highest BCUT2D eigenvalue weighted by molar-refractivity contribution is 7.98. The maximum Gasteiger partial charge on any atom is 0.192 e. The molecule has 3 aromatic carbocycles. The van der Waals surface area contributed by atoms with Gasteiger partial charge in [-0.05, 0) is 47.5 Å². The first kappa shape index (κ1) is 20.0. The van der Waals surface area contributed by atoms with Crippen LogP contribution in [-0.2, 0) is 12.3 Å². The van der Waals surface area contributed by atoms with E-state index in [1.807, 2.05) is 53.1 Å². The maximum absolute atomic E-state index is 13.4. The summed E-state index contributed by atoms with van der Waals surface area (Å²) in [4.78, 5) is 0. The van der Waals surface area contributed by atoms with Gasteiger partial charge < -0.3 is 0 Å². The molecule has 0 N–H and O–H groups in total. The highest BCUT2D eigenvalue weighted by Gasteiger charge is 2.16. The summed E-state index contributed by atoms with van der Waals surface area (Å²) in [6, 6.07) is 21.8. The van der Waals surface area contributed by atoms with Crippen molar-refractivity contribution in [3.05, 3.63) is 99.8 Å². The third kappa shape index (κ3) is 4.64. The van der Waals surface area contributed by atoms with Crippen LogP contribution in [0.5, 0.6) is 0 Å². The normalized spacial score (nSPS) is 11.0. The van der Waals surface area contributed by atoms with E-state index in [2.05, 4.69) is 10.2 Å². The number of hydrogen-bond donors (Lipinski definition) is 0. The van der Waals surface area contributed by atoms with E-state index in [0.29, 0.717) is 28.2 Å². The predicted molar refractivity (Wildman–Crippen MR) is 117 cm³/mol. The molecule has 0 unspecified atom stereocenters. The molecule has 0 spiro atoms. The van der Waals surface area contributed by atoms with Gasteiger partial charge in [-0.15, -0.1) is 10.2 Å². The molecule has 29 heavy (non-hydrogen) atoms. The molecule has 7 heteroatoms. The van der Waals surface area contributed by atoms with Crippen LogP contribution in [0.25, 0.3) is 11.4 Å². The molecule has 0 aliphatic carbocycles. The minimum absolute atomic E-state index is 0.286. The van der Waals surface area contributed by atoms with Crippen LogP contribution < -0.4 is 0 Å². The number of hydrogen-bond acceptors (Lipinski definition) is 3. The summed E-state index contributed by atoms with van der Waals surface area (Å²) >= 11 is 14.1.